The minimum absolute atomic E-state index is 0.329. The summed E-state index contributed by atoms with van der Waals surface area (Å²) >= 11 is 0. The Morgan fingerprint density at radius 3 is 2.43 bits per heavy atom. The van der Waals surface area contributed by atoms with Crippen molar-refractivity contribution in [3.8, 4) is 0 Å². The number of hydrogen-bond acceptors (Lipinski definition) is 4. The molecule has 0 aliphatic heterocycles. The second kappa shape index (κ2) is 7.78. The third-order valence-electron chi connectivity index (χ3n) is 3.26. The molecule has 0 saturated carbocycles. The summed E-state index contributed by atoms with van der Waals surface area (Å²) in [7, 11) is 1.55. The Balaban J connectivity index is 2.61. The lowest BCUT2D eigenvalue weighted by molar-refractivity contribution is -0.159. The molecule has 0 spiro atoms. The molecule has 0 aliphatic carbocycles. The monoisotopic (exact) mass is 293 g/mol. The zero-order valence-electron chi connectivity index (χ0n) is 13.0. The van der Waals surface area contributed by atoms with Crippen LogP contribution in [-0.4, -0.2) is 38.2 Å². The first kappa shape index (κ1) is 17.2. The van der Waals surface area contributed by atoms with E-state index < -0.39 is 17.5 Å². The van der Waals surface area contributed by atoms with Crippen LogP contribution >= 0.6 is 0 Å². The van der Waals surface area contributed by atoms with E-state index in [4.69, 9.17) is 9.47 Å². The van der Waals surface area contributed by atoms with E-state index in [1.54, 1.807) is 27.9 Å². The highest BCUT2D eigenvalue weighted by molar-refractivity contribution is 5.87. The molecule has 0 heterocycles. The van der Waals surface area contributed by atoms with Crippen LogP contribution in [0.3, 0.4) is 0 Å². The Bertz CT molecular complexity index is 470. The van der Waals surface area contributed by atoms with E-state index >= 15 is 0 Å². The molecule has 0 bridgehead atoms. The Morgan fingerprint density at radius 2 is 1.86 bits per heavy atom. The Morgan fingerprint density at radius 1 is 1.24 bits per heavy atom. The Labute approximate surface area is 125 Å². The summed E-state index contributed by atoms with van der Waals surface area (Å²) in [5, 5.41) is 2.64. The number of ether oxygens (including phenoxy) is 2. The normalized spacial score (nSPS) is 12.6. The smallest absolute Gasteiger partial charge is 0.316 e. The van der Waals surface area contributed by atoms with Crippen molar-refractivity contribution in [2.45, 2.75) is 32.3 Å². The van der Waals surface area contributed by atoms with Gasteiger partial charge in [-0.3, -0.25) is 9.59 Å². The summed E-state index contributed by atoms with van der Waals surface area (Å²) in [6, 6.07) is 9.35. The van der Waals surface area contributed by atoms with Gasteiger partial charge >= 0.3 is 5.97 Å². The van der Waals surface area contributed by atoms with Crippen molar-refractivity contribution in [1.29, 1.82) is 0 Å². The molecule has 0 radical (unpaired) electrons. The van der Waals surface area contributed by atoms with E-state index in [2.05, 4.69) is 5.32 Å². The third-order valence-corrected chi connectivity index (χ3v) is 3.26. The van der Waals surface area contributed by atoms with Crippen LogP contribution in [0.25, 0.3) is 0 Å². The predicted molar refractivity (Wildman–Crippen MR) is 79.9 cm³/mol. The van der Waals surface area contributed by atoms with E-state index in [0.29, 0.717) is 13.2 Å². The van der Waals surface area contributed by atoms with Crippen molar-refractivity contribution in [1.82, 2.24) is 5.32 Å². The Hall–Kier alpha value is -1.88. The van der Waals surface area contributed by atoms with Crippen LogP contribution in [0.15, 0.2) is 30.3 Å². The lowest BCUT2D eigenvalue weighted by Crippen LogP contribution is -2.41. The standard InChI is InChI=1S/C16H23NO4/c1-12(14(18)17-10-11-20-4)21-15(19)16(2,3)13-8-6-5-7-9-13/h5-9,12H,10-11H2,1-4H3,(H,17,18)/t12-/m0/s1. The van der Waals surface area contributed by atoms with Crippen molar-refractivity contribution in [3.63, 3.8) is 0 Å². The van der Waals surface area contributed by atoms with Gasteiger partial charge in [0.2, 0.25) is 0 Å². The molecule has 5 heteroatoms. The molecule has 1 atom stereocenters. The molecule has 0 aromatic heterocycles. The maximum atomic E-state index is 12.3. The van der Waals surface area contributed by atoms with Crippen LogP contribution < -0.4 is 5.32 Å². The zero-order valence-corrected chi connectivity index (χ0v) is 13.0. The Kier molecular flexibility index (Phi) is 6.37. The molecule has 116 valence electrons. The summed E-state index contributed by atoms with van der Waals surface area (Å²) < 4.78 is 10.1. The van der Waals surface area contributed by atoms with Gasteiger partial charge in [-0.2, -0.15) is 0 Å². The van der Waals surface area contributed by atoms with Crippen LogP contribution in [0.5, 0.6) is 0 Å². The van der Waals surface area contributed by atoms with Gasteiger partial charge in [-0.25, -0.2) is 0 Å². The van der Waals surface area contributed by atoms with Crippen molar-refractivity contribution in [2.75, 3.05) is 20.3 Å². The molecule has 1 rings (SSSR count). The highest BCUT2D eigenvalue weighted by atomic mass is 16.5. The van der Waals surface area contributed by atoms with Crippen LogP contribution in [0.2, 0.25) is 0 Å². The molecule has 0 aliphatic rings. The van der Waals surface area contributed by atoms with Crippen molar-refractivity contribution < 1.29 is 19.1 Å². The summed E-state index contributed by atoms with van der Waals surface area (Å²) in [6.45, 7) is 5.92. The number of benzene rings is 1. The molecule has 0 fully saturated rings. The fourth-order valence-corrected chi connectivity index (χ4v) is 1.75. The zero-order chi connectivity index (χ0) is 15.9. The molecule has 0 saturated heterocycles. The van der Waals surface area contributed by atoms with Crippen molar-refractivity contribution in [2.24, 2.45) is 0 Å². The van der Waals surface area contributed by atoms with Crippen molar-refractivity contribution in [3.05, 3.63) is 35.9 Å². The number of carbonyl (C=O) groups excluding carboxylic acids is 2. The lowest BCUT2D eigenvalue weighted by Gasteiger charge is -2.25. The number of esters is 1. The van der Waals surface area contributed by atoms with Crippen LogP contribution in [0, 0.1) is 0 Å². The van der Waals surface area contributed by atoms with Gasteiger partial charge in [0.1, 0.15) is 0 Å². The molecule has 1 N–H and O–H groups in total. The number of carbonyl (C=O) groups is 2. The SMILES string of the molecule is COCCNC(=O)[C@H](C)OC(=O)C(C)(C)c1ccccc1. The van der Waals surface area contributed by atoms with Crippen LogP contribution in [0.4, 0.5) is 0 Å². The predicted octanol–water partition coefficient (Wildman–Crippen LogP) is 1.66. The molecule has 0 unspecified atom stereocenters. The van der Waals surface area contributed by atoms with Crippen molar-refractivity contribution >= 4 is 11.9 Å². The maximum absolute atomic E-state index is 12.3. The number of nitrogens with one attached hydrogen (secondary N) is 1. The van der Waals surface area contributed by atoms with E-state index in [1.165, 1.54) is 0 Å². The van der Waals surface area contributed by atoms with Gasteiger partial charge in [-0.1, -0.05) is 30.3 Å². The molecular weight excluding hydrogens is 270 g/mol. The fraction of sp³-hybridized carbons (Fsp3) is 0.500. The molecule has 1 aromatic carbocycles. The van der Waals surface area contributed by atoms with Gasteiger partial charge in [0.15, 0.2) is 6.10 Å². The third kappa shape index (κ3) is 4.86. The second-order valence-corrected chi connectivity index (χ2v) is 5.32. The largest absolute Gasteiger partial charge is 0.452 e. The van der Waals surface area contributed by atoms with Crippen LogP contribution in [0.1, 0.15) is 26.3 Å². The summed E-state index contributed by atoms with van der Waals surface area (Å²) in [6.07, 6.45) is -0.836. The number of rotatable bonds is 7. The topological polar surface area (TPSA) is 64.6 Å². The average molecular weight is 293 g/mol. The van der Waals surface area contributed by atoms with E-state index in [-0.39, 0.29) is 5.91 Å². The maximum Gasteiger partial charge on any atom is 0.316 e. The summed E-state index contributed by atoms with van der Waals surface area (Å²) in [5.41, 5.74) is 0.0458. The minimum atomic E-state index is -0.836. The molecule has 1 aromatic rings. The first-order chi connectivity index (χ1) is 9.89. The number of hydrogen-bond donors (Lipinski definition) is 1. The van der Waals surface area contributed by atoms with Gasteiger partial charge in [-0.15, -0.1) is 0 Å². The minimum Gasteiger partial charge on any atom is -0.452 e. The molecular formula is C16H23NO4. The van der Waals surface area contributed by atoms with E-state index in [9.17, 15) is 9.59 Å². The summed E-state index contributed by atoms with van der Waals surface area (Å²) in [4.78, 5) is 24.1. The number of amides is 1. The summed E-state index contributed by atoms with van der Waals surface area (Å²) in [5.74, 6) is -0.757. The highest BCUT2D eigenvalue weighted by Gasteiger charge is 2.33. The van der Waals surface area contributed by atoms with Crippen LogP contribution in [-0.2, 0) is 24.5 Å². The average Bonchev–Trinajstić information content (AvgIpc) is 2.48. The highest BCUT2D eigenvalue weighted by Crippen LogP contribution is 2.24. The van der Waals surface area contributed by atoms with Gasteiger partial charge in [0, 0.05) is 13.7 Å². The number of methoxy groups -OCH3 is 1. The fourth-order valence-electron chi connectivity index (χ4n) is 1.75. The van der Waals surface area contributed by atoms with E-state index in [1.807, 2.05) is 30.3 Å². The lowest BCUT2D eigenvalue weighted by atomic mass is 9.85. The van der Waals surface area contributed by atoms with E-state index in [0.717, 1.165) is 5.56 Å². The van der Waals surface area contributed by atoms with Gasteiger partial charge in [0.25, 0.3) is 5.91 Å². The first-order valence-corrected chi connectivity index (χ1v) is 6.93. The van der Waals surface area contributed by atoms with Gasteiger partial charge in [-0.05, 0) is 26.3 Å². The molecule has 5 nitrogen and oxygen atoms in total. The molecule has 1 amide bonds. The second-order valence-electron chi connectivity index (χ2n) is 5.32. The quantitative estimate of drug-likeness (QED) is 0.613. The molecule has 21 heavy (non-hydrogen) atoms. The van der Waals surface area contributed by atoms with Gasteiger partial charge < -0.3 is 14.8 Å². The first-order valence-electron chi connectivity index (χ1n) is 6.93. The van der Waals surface area contributed by atoms with Gasteiger partial charge in [0.05, 0.1) is 12.0 Å².